The van der Waals surface area contributed by atoms with E-state index in [1.807, 2.05) is 0 Å². The second-order valence-corrected chi connectivity index (χ2v) is 5.95. The molecule has 2 nitrogen and oxygen atoms in total. The van der Waals surface area contributed by atoms with Gasteiger partial charge in [0.25, 0.3) is 0 Å². The minimum absolute atomic E-state index is 0.345. The van der Waals surface area contributed by atoms with Gasteiger partial charge < -0.3 is 5.11 Å². The highest BCUT2D eigenvalue weighted by Gasteiger charge is 2.54. The molecule has 2 heterocycles. The molecular formula is C12H23NO. The molecule has 0 aromatic rings. The molecule has 1 N–H and O–H groups in total. The van der Waals surface area contributed by atoms with E-state index in [2.05, 4.69) is 25.7 Å². The second-order valence-electron chi connectivity index (χ2n) is 5.95. The minimum atomic E-state index is 0.345. The first-order valence-corrected chi connectivity index (χ1v) is 5.89. The number of hydrogen-bond donors (Lipinski definition) is 1. The van der Waals surface area contributed by atoms with E-state index >= 15 is 0 Å². The molecule has 0 saturated carbocycles. The third-order valence-corrected chi connectivity index (χ3v) is 4.48. The number of aliphatic hydroxyl groups excluding tert-OH is 1. The predicted molar refractivity (Wildman–Crippen MR) is 58.2 cm³/mol. The highest BCUT2D eigenvalue weighted by Crippen LogP contribution is 2.52. The van der Waals surface area contributed by atoms with Crippen molar-refractivity contribution in [3.63, 3.8) is 0 Å². The zero-order chi connectivity index (χ0) is 10.4. The molecule has 0 aliphatic carbocycles. The third kappa shape index (κ3) is 1.24. The molecule has 2 atom stereocenters. The van der Waals surface area contributed by atoms with Crippen LogP contribution >= 0.6 is 0 Å². The number of fused-ring (bicyclic) bond motifs is 1. The van der Waals surface area contributed by atoms with Crippen LogP contribution < -0.4 is 0 Å². The van der Waals surface area contributed by atoms with Gasteiger partial charge >= 0.3 is 0 Å². The summed E-state index contributed by atoms with van der Waals surface area (Å²) in [7, 11) is 0. The molecule has 0 radical (unpaired) electrons. The van der Waals surface area contributed by atoms with Gasteiger partial charge in [0.15, 0.2) is 0 Å². The van der Waals surface area contributed by atoms with Crippen LogP contribution in [0.5, 0.6) is 0 Å². The van der Waals surface area contributed by atoms with Gasteiger partial charge in [-0.3, -0.25) is 4.90 Å². The molecule has 0 bridgehead atoms. The van der Waals surface area contributed by atoms with Crippen LogP contribution in [0, 0.1) is 5.41 Å². The Morgan fingerprint density at radius 1 is 1.36 bits per heavy atom. The van der Waals surface area contributed by atoms with Gasteiger partial charge in [0.05, 0.1) is 6.61 Å². The molecule has 2 saturated heterocycles. The molecule has 0 spiro atoms. The number of rotatable bonds is 1. The lowest BCUT2D eigenvalue weighted by atomic mass is 9.71. The molecule has 0 aromatic carbocycles. The summed E-state index contributed by atoms with van der Waals surface area (Å²) in [4.78, 5) is 2.59. The van der Waals surface area contributed by atoms with E-state index in [9.17, 15) is 5.11 Å². The average molecular weight is 197 g/mol. The third-order valence-electron chi connectivity index (χ3n) is 4.48. The van der Waals surface area contributed by atoms with Crippen molar-refractivity contribution in [1.82, 2.24) is 4.90 Å². The summed E-state index contributed by atoms with van der Waals surface area (Å²) >= 11 is 0. The highest BCUT2D eigenvalue weighted by molar-refractivity contribution is 5.09. The molecule has 2 aliphatic heterocycles. The van der Waals surface area contributed by atoms with E-state index < -0.39 is 0 Å². The number of hydrogen-bond acceptors (Lipinski definition) is 2. The van der Waals surface area contributed by atoms with Crippen LogP contribution in [0.3, 0.4) is 0 Å². The van der Waals surface area contributed by atoms with Crippen molar-refractivity contribution in [2.45, 2.75) is 58.0 Å². The van der Waals surface area contributed by atoms with Crippen LogP contribution in [0.4, 0.5) is 0 Å². The smallest absolute Gasteiger partial charge is 0.0587 e. The van der Waals surface area contributed by atoms with E-state index in [0.29, 0.717) is 23.6 Å². The van der Waals surface area contributed by atoms with Crippen LogP contribution in [0.1, 0.15) is 46.5 Å². The summed E-state index contributed by atoms with van der Waals surface area (Å²) in [6.07, 6.45) is 5.11. The summed E-state index contributed by atoms with van der Waals surface area (Å²) in [5, 5.41) is 9.35. The van der Waals surface area contributed by atoms with Crippen LogP contribution in [-0.4, -0.2) is 34.7 Å². The Hall–Kier alpha value is -0.0800. The average Bonchev–Trinajstić information content (AvgIpc) is 2.58. The van der Waals surface area contributed by atoms with Gasteiger partial charge in [-0.05, 0) is 37.6 Å². The van der Waals surface area contributed by atoms with Crippen molar-refractivity contribution in [2.24, 2.45) is 5.41 Å². The van der Waals surface area contributed by atoms with Crippen molar-refractivity contribution in [2.75, 3.05) is 13.2 Å². The SMILES string of the molecule is CC(C)(C)C12CCCN1C(CO)CC2. The Bertz CT molecular complexity index is 221. The quantitative estimate of drug-likeness (QED) is 0.695. The maximum absolute atomic E-state index is 9.35. The predicted octanol–water partition coefficient (Wildman–Crippen LogP) is 2.02. The standard InChI is InChI=1S/C12H23NO/c1-11(2,3)12-6-4-8-13(12)10(9-14)5-7-12/h10,14H,4-9H2,1-3H3. The topological polar surface area (TPSA) is 23.5 Å². The van der Waals surface area contributed by atoms with Gasteiger partial charge in [-0.25, -0.2) is 0 Å². The van der Waals surface area contributed by atoms with Crippen LogP contribution in [0.25, 0.3) is 0 Å². The van der Waals surface area contributed by atoms with Crippen molar-refractivity contribution in [1.29, 1.82) is 0 Å². The molecule has 14 heavy (non-hydrogen) atoms. The van der Waals surface area contributed by atoms with Gasteiger partial charge in [-0.1, -0.05) is 20.8 Å². The summed E-state index contributed by atoms with van der Waals surface area (Å²) in [6.45, 7) is 8.60. The van der Waals surface area contributed by atoms with Gasteiger partial charge in [-0.15, -0.1) is 0 Å². The van der Waals surface area contributed by atoms with E-state index in [1.165, 1.54) is 32.2 Å². The normalized spacial score (nSPS) is 39.0. The maximum Gasteiger partial charge on any atom is 0.0587 e. The summed E-state index contributed by atoms with van der Waals surface area (Å²) in [5.74, 6) is 0. The van der Waals surface area contributed by atoms with E-state index in [0.717, 1.165) is 0 Å². The molecule has 2 aliphatic rings. The van der Waals surface area contributed by atoms with Gasteiger partial charge in [0.2, 0.25) is 0 Å². The Kier molecular flexibility index (Phi) is 2.39. The molecule has 82 valence electrons. The molecule has 0 aromatic heterocycles. The molecular weight excluding hydrogens is 174 g/mol. The number of nitrogens with zero attached hydrogens (tertiary/aromatic N) is 1. The first-order valence-electron chi connectivity index (χ1n) is 5.89. The van der Waals surface area contributed by atoms with E-state index in [-0.39, 0.29) is 0 Å². The molecule has 0 amide bonds. The lowest BCUT2D eigenvalue weighted by Gasteiger charge is -2.45. The lowest BCUT2D eigenvalue weighted by Crippen LogP contribution is -2.51. The van der Waals surface area contributed by atoms with E-state index in [4.69, 9.17) is 0 Å². The number of aliphatic hydroxyl groups is 1. The van der Waals surface area contributed by atoms with Crippen molar-refractivity contribution in [3.8, 4) is 0 Å². The fourth-order valence-electron chi connectivity index (χ4n) is 3.63. The van der Waals surface area contributed by atoms with Crippen molar-refractivity contribution >= 4 is 0 Å². The van der Waals surface area contributed by atoms with Crippen molar-refractivity contribution in [3.05, 3.63) is 0 Å². The Morgan fingerprint density at radius 2 is 2.07 bits per heavy atom. The monoisotopic (exact) mass is 197 g/mol. The molecule has 2 unspecified atom stereocenters. The van der Waals surface area contributed by atoms with Gasteiger partial charge in [0.1, 0.15) is 0 Å². The zero-order valence-electron chi connectivity index (χ0n) is 9.71. The molecule has 2 rings (SSSR count). The van der Waals surface area contributed by atoms with Gasteiger partial charge in [-0.2, -0.15) is 0 Å². The minimum Gasteiger partial charge on any atom is -0.395 e. The van der Waals surface area contributed by atoms with Gasteiger partial charge in [0, 0.05) is 11.6 Å². The molecule has 2 fully saturated rings. The largest absolute Gasteiger partial charge is 0.395 e. The van der Waals surface area contributed by atoms with Crippen molar-refractivity contribution < 1.29 is 5.11 Å². The first-order chi connectivity index (χ1) is 6.51. The van der Waals surface area contributed by atoms with E-state index in [1.54, 1.807) is 0 Å². The van der Waals surface area contributed by atoms with Crippen LogP contribution in [0.15, 0.2) is 0 Å². The summed E-state index contributed by atoms with van der Waals surface area (Å²) in [6, 6.07) is 0.441. The molecule has 2 heteroatoms. The lowest BCUT2D eigenvalue weighted by molar-refractivity contribution is 0.0277. The maximum atomic E-state index is 9.35. The first kappa shape index (κ1) is 10.4. The Balaban J connectivity index is 2.26. The van der Waals surface area contributed by atoms with Crippen LogP contribution in [0.2, 0.25) is 0 Å². The second kappa shape index (κ2) is 3.21. The summed E-state index contributed by atoms with van der Waals surface area (Å²) < 4.78 is 0. The Morgan fingerprint density at radius 3 is 2.64 bits per heavy atom. The summed E-state index contributed by atoms with van der Waals surface area (Å²) in [5.41, 5.74) is 0.744. The highest BCUT2D eigenvalue weighted by atomic mass is 16.3. The fourth-order valence-corrected chi connectivity index (χ4v) is 3.63. The van der Waals surface area contributed by atoms with Crippen LogP contribution in [-0.2, 0) is 0 Å². The zero-order valence-corrected chi connectivity index (χ0v) is 9.71. The Labute approximate surface area is 87.3 Å². The fraction of sp³-hybridized carbons (Fsp3) is 1.00.